The third-order valence-electron chi connectivity index (χ3n) is 3.91. The summed E-state index contributed by atoms with van der Waals surface area (Å²) in [6, 6.07) is 12.9. The SMILES string of the molecule is COc1ccc(/C=C2/NC(=O)N(Cc3ccc(C)cc3)C2=O)cc1I. The number of nitrogens with one attached hydrogen (secondary N) is 1. The summed E-state index contributed by atoms with van der Waals surface area (Å²) in [6.07, 6.45) is 1.68. The fourth-order valence-corrected chi connectivity index (χ4v) is 3.29. The fraction of sp³-hybridized carbons (Fsp3) is 0.158. The first-order valence-corrected chi connectivity index (χ1v) is 8.79. The van der Waals surface area contributed by atoms with Gasteiger partial charge in [0.15, 0.2) is 0 Å². The van der Waals surface area contributed by atoms with Gasteiger partial charge in [0.05, 0.1) is 17.2 Å². The zero-order chi connectivity index (χ0) is 18.0. The lowest BCUT2D eigenvalue weighted by molar-refractivity contribution is -0.123. The number of methoxy groups -OCH3 is 1. The maximum Gasteiger partial charge on any atom is 0.329 e. The topological polar surface area (TPSA) is 58.6 Å². The van der Waals surface area contributed by atoms with Crippen LogP contribution in [0.1, 0.15) is 16.7 Å². The predicted molar refractivity (Wildman–Crippen MR) is 104 cm³/mol. The molecule has 0 radical (unpaired) electrons. The molecule has 0 atom stereocenters. The van der Waals surface area contributed by atoms with Crippen molar-refractivity contribution >= 4 is 40.6 Å². The molecule has 5 nitrogen and oxygen atoms in total. The normalized spacial score (nSPS) is 15.6. The van der Waals surface area contributed by atoms with Gasteiger partial charge in [0.1, 0.15) is 11.4 Å². The van der Waals surface area contributed by atoms with Gasteiger partial charge in [0, 0.05) is 0 Å². The molecular formula is C19H17IN2O3. The monoisotopic (exact) mass is 448 g/mol. The van der Waals surface area contributed by atoms with Crippen molar-refractivity contribution < 1.29 is 14.3 Å². The van der Waals surface area contributed by atoms with Gasteiger partial charge in [-0.25, -0.2) is 4.79 Å². The molecule has 128 valence electrons. The molecule has 0 spiro atoms. The number of nitrogens with zero attached hydrogens (tertiary/aromatic N) is 1. The van der Waals surface area contributed by atoms with Crippen molar-refractivity contribution in [2.24, 2.45) is 0 Å². The Morgan fingerprint density at radius 1 is 1.16 bits per heavy atom. The molecule has 0 aliphatic carbocycles. The number of rotatable bonds is 4. The Bertz CT molecular complexity index is 859. The first-order valence-electron chi connectivity index (χ1n) is 7.71. The second-order valence-electron chi connectivity index (χ2n) is 5.76. The molecular weight excluding hydrogens is 431 g/mol. The van der Waals surface area contributed by atoms with Crippen molar-refractivity contribution in [2.75, 3.05) is 7.11 Å². The molecule has 6 heteroatoms. The number of carbonyl (C=O) groups excluding carboxylic acids is 2. The molecule has 2 aromatic rings. The van der Waals surface area contributed by atoms with Crippen molar-refractivity contribution in [1.82, 2.24) is 10.2 Å². The fourth-order valence-electron chi connectivity index (χ4n) is 2.53. The van der Waals surface area contributed by atoms with Crippen molar-refractivity contribution in [3.63, 3.8) is 0 Å². The van der Waals surface area contributed by atoms with Crippen LogP contribution in [0.25, 0.3) is 6.08 Å². The quantitative estimate of drug-likeness (QED) is 0.441. The molecule has 0 saturated carbocycles. The standard InChI is InChI=1S/C19H17IN2O3/c1-12-3-5-13(6-4-12)11-22-18(23)16(21-19(22)24)10-14-7-8-17(25-2)15(20)9-14/h3-10H,11H2,1-2H3,(H,21,24)/b16-10+. The first-order chi connectivity index (χ1) is 12.0. The molecule has 1 aliphatic rings. The summed E-state index contributed by atoms with van der Waals surface area (Å²) < 4.78 is 6.16. The maximum absolute atomic E-state index is 12.5. The number of aryl methyl sites for hydroxylation is 1. The highest BCUT2D eigenvalue weighted by Gasteiger charge is 2.33. The zero-order valence-corrected chi connectivity index (χ0v) is 16.0. The minimum absolute atomic E-state index is 0.252. The number of imide groups is 1. The van der Waals surface area contributed by atoms with E-state index in [1.165, 1.54) is 4.90 Å². The number of amides is 3. The Balaban J connectivity index is 1.80. The van der Waals surface area contributed by atoms with Crippen LogP contribution in [0.2, 0.25) is 0 Å². The summed E-state index contributed by atoms with van der Waals surface area (Å²) in [5, 5.41) is 2.65. The number of hydrogen-bond donors (Lipinski definition) is 1. The minimum Gasteiger partial charge on any atom is -0.496 e. The summed E-state index contributed by atoms with van der Waals surface area (Å²) in [4.78, 5) is 25.9. The van der Waals surface area contributed by atoms with Crippen molar-refractivity contribution in [1.29, 1.82) is 0 Å². The van der Waals surface area contributed by atoms with Gasteiger partial charge in [-0.3, -0.25) is 9.69 Å². The van der Waals surface area contributed by atoms with E-state index in [-0.39, 0.29) is 18.1 Å². The van der Waals surface area contributed by atoms with Crippen molar-refractivity contribution in [3.8, 4) is 5.75 Å². The predicted octanol–water partition coefficient (Wildman–Crippen LogP) is 3.70. The van der Waals surface area contributed by atoms with Gasteiger partial charge in [-0.05, 0) is 58.9 Å². The highest BCUT2D eigenvalue weighted by Crippen LogP contribution is 2.24. The molecule has 3 rings (SSSR count). The van der Waals surface area contributed by atoms with Crippen LogP contribution < -0.4 is 10.1 Å². The van der Waals surface area contributed by atoms with Crippen LogP contribution in [0.5, 0.6) is 5.75 Å². The summed E-state index contributed by atoms with van der Waals surface area (Å²) in [6.45, 7) is 2.25. The van der Waals surface area contributed by atoms with Gasteiger partial charge >= 0.3 is 6.03 Å². The van der Waals surface area contributed by atoms with Gasteiger partial charge in [0.2, 0.25) is 0 Å². The lowest BCUT2D eigenvalue weighted by Crippen LogP contribution is -2.30. The van der Waals surface area contributed by atoms with Gasteiger partial charge in [0.25, 0.3) is 5.91 Å². The molecule has 0 bridgehead atoms. The third kappa shape index (κ3) is 3.84. The van der Waals surface area contributed by atoms with E-state index < -0.39 is 6.03 Å². The van der Waals surface area contributed by atoms with E-state index in [1.54, 1.807) is 13.2 Å². The van der Waals surface area contributed by atoms with E-state index in [1.807, 2.05) is 49.4 Å². The first kappa shape index (κ1) is 17.5. The number of hydrogen-bond acceptors (Lipinski definition) is 3. The lowest BCUT2D eigenvalue weighted by atomic mass is 10.1. The van der Waals surface area contributed by atoms with Crippen LogP contribution in [0, 0.1) is 10.5 Å². The number of halogens is 1. The molecule has 0 aromatic heterocycles. The maximum atomic E-state index is 12.5. The van der Waals surface area contributed by atoms with Crippen LogP contribution in [0.3, 0.4) is 0 Å². The number of benzene rings is 2. The zero-order valence-electron chi connectivity index (χ0n) is 13.9. The molecule has 1 N–H and O–H groups in total. The number of urea groups is 1. The minimum atomic E-state index is -0.403. The number of ether oxygens (including phenoxy) is 1. The molecule has 1 fully saturated rings. The van der Waals surface area contributed by atoms with Gasteiger partial charge in [-0.2, -0.15) is 0 Å². The van der Waals surface area contributed by atoms with E-state index in [4.69, 9.17) is 4.74 Å². The van der Waals surface area contributed by atoms with Gasteiger partial charge < -0.3 is 10.1 Å². The second-order valence-corrected chi connectivity index (χ2v) is 6.92. The molecule has 1 aliphatic heterocycles. The van der Waals surface area contributed by atoms with E-state index in [2.05, 4.69) is 27.9 Å². The van der Waals surface area contributed by atoms with Crippen molar-refractivity contribution in [2.45, 2.75) is 13.5 Å². The lowest BCUT2D eigenvalue weighted by Gasteiger charge is -2.11. The second kappa shape index (κ2) is 7.26. The van der Waals surface area contributed by atoms with E-state index in [0.29, 0.717) is 0 Å². The summed E-state index contributed by atoms with van der Waals surface area (Å²) in [5.41, 5.74) is 3.15. The smallest absolute Gasteiger partial charge is 0.329 e. The summed E-state index contributed by atoms with van der Waals surface area (Å²) in [7, 11) is 1.61. The van der Waals surface area contributed by atoms with Gasteiger partial charge in [-0.1, -0.05) is 35.9 Å². The Hall–Kier alpha value is -2.35. The van der Waals surface area contributed by atoms with Crippen LogP contribution in [0.4, 0.5) is 4.79 Å². The third-order valence-corrected chi connectivity index (χ3v) is 4.75. The Morgan fingerprint density at radius 2 is 1.88 bits per heavy atom. The van der Waals surface area contributed by atoms with Crippen LogP contribution >= 0.6 is 22.6 Å². The van der Waals surface area contributed by atoms with E-state index >= 15 is 0 Å². The van der Waals surface area contributed by atoms with Gasteiger partial charge in [-0.15, -0.1) is 0 Å². The molecule has 25 heavy (non-hydrogen) atoms. The van der Waals surface area contributed by atoms with Crippen LogP contribution in [0.15, 0.2) is 48.2 Å². The molecule has 1 heterocycles. The molecule has 2 aromatic carbocycles. The van der Waals surface area contributed by atoms with E-state index in [0.717, 1.165) is 26.0 Å². The molecule has 3 amide bonds. The Labute approximate surface area is 159 Å². The summed E-state index contributed by atoms with van der Waals surface area (Å²) >= 11 is 2.17. The average Bonchev–Trinajstić information content (AvgIpc) is 2.84. The number of carbonyl (C=O) groups is 2. The molecule has 1 saturated heterocycles. The van der Waals surface area contributed by atoms with Crippen LogP contribution in [-0.4, -0.2) is 23.9 Å². The average molecular weight is 448 g/mol. The van der Waals surface area contributed by atoms with E-state index in [9.17, 15) is 9.59 Å². The molecule has 0 unspecified atom stereocenters. The Morgan fingerprint density at radius 3 is 2.52 bits per heavy atom. The largest absolute Gasteiger partial charge is 0.496 e. The Kier molecular flexibility index (Phi) is 5.08. The van der Waals surface area contributed by atoms with Crippen LogP contribution in [-0.2, 0) is 11.3 Å². The summed E-state index contributed by atoms with van der Waals surface area (Å²) in [5.74, 6) is 0.446. The highest BCUT2D eigenvalue weighted by atomic mass is 127. The highest BCUT2D eigenvalue weighted by molar-refractivity contribution is 14.1. The van der Waals surface area contributed by atoms with Crippen molar-refractivity contribution in [3.05, 3.63) is 68.4 Å².